The predicted octanol–water partition coefficient (Wildman–Crippen LogP) is 3.90. The van der Waals surface area contributed by atoms with Gasteiger partial charge in [0.2, 0.25) is 10.0 Å². The monoisotopic (exact) mass is 477 g/mol. The number of anilines is 1. The molecule has 1 aromatic carbocycles. The minimum Gasteiger partial charge on any atom is -0.356 e. The van der Waals surface area contributed by atoms with E-state index in [1.165, 1.54) is 31.5 Å². The number of benzene rings is 1. The SMILES string of the molecule is CN(c1ncnc2[nH]ccc12)C1CCC(CS(=O)(=O)NCC(C)(F)c2cccc(F)c2)CC1. The summed E-state index contributed by atoms with van der Waals surface area (Å²) in [7, 11) is -1.66. The van der Waals surface area contributed by atoms with Gasteiger partial charge in [0, 0.05) is 25.8 Å². The van der Waals surface area contributed by atoms with Crippen molar-refractivity contribution in [3.8, 4) is 0 Å². The van der Waals surface area contributed by atoms with Gasteiger partial charge in [0.15, 0.2) is 0 Å². The van der Waals surface area contributed by atoms with Crippen molar-refractivity contribution in [2.75, 3.05) is 24.2 Å². The maximum atomic E-state index is 15.0. The van der Waals surface area contributed by atoms with E-state index in [9.17, 15) is 17.2 Å². The smallest absolute Gasteiger partial charge is 0.211 e. The minimum atomic E-state index is -3.67. The summed E-state index contributed by atoms with van der Waals surface area (Å²) >= 11 is 0. The van der Waals surface area contributed by atoms with E-state index >= 15 is 0 Å². The molecule has 1 unspecified atom stereocenters. The van der Waals surface area contributed by atoms with Crippen LogP contribution < -0.4 is 9.62 Å². The van der Waals surface area contributed by atoms with E-state index in [2.05, 4.69) is 24.6 Å². The third-order valence-corrected chi connectivity index (χ3v) is 8.03. The van der Waals surface area contributed by atoms with Gasteiger partial charge in [0.25, 0.3) is 0 Å². The van der Waals surface area contributed by atoms with Crippen LogP contribution in [-0.4, -0.2) is 48.8 Å². The maximum absolute atomic E-state index is 15.0. The lowest BCUT2D eigenvalue weighted by molar-refractivity contribution is 0.196. The summed E-state index contributed by atoms with van der Waals surface area (Å²) in [5.41, 5.74) is -1.11. The van der Waals surface area contributed by atoms with Crippen LogP contribution in [0.15, 0.2) is 42.9 Å². The molecule has 10 heteroatoms. The highest BCUT2D eigenvalue weighted by Crippen LogP contribution is 2.32. The molecular weight excluding hydrogens is 448 g/mol. The van der Waals surface area contributed by atoms with Crippen molar-refractivity contribution >= 4 is 26.9 Å². The van der Waals surface area contributed by atoms with Gasteiger partial charge in [-0.05, 0) is 62.3 Å². The Balaban J connectivity index is 1.31. The Bertz CT molecular complexity index is 1210. The molecule has 7 nitrogen and oxygen atoms in total. The van der Waals surface area contributed by atoms with Gasteiger partial charge in [0.05, 0.1) is 11.1 Å². The molecule has 178 valence electrons. The Labute approximate surface area is 192 Å². The number of aromatic nitrogens is 3. The summed E-state index contributed by atoms with van der Waals surface area (Å²) in [4.78, 5) is 13.9. The number of alkyl halides is 1. The van der Waals surface area contributed by atoms with Gasteiger partial charge < -0.3 is 9.88 Å². The summed E-state index contributed by atoms with van der Waals surface area (Å²) in [6.45, 7) is 0.817. The highest BCUT2D eigenvalue weighted by molar-refractivity contribution is 7.89. The molecule has 1 saturated carbocycles. The normalized spacial score (nSPS) is 21.1. The zero-order valence-electron chi connectivity index (χ0n) is 18.8. The molecule has 0 radical (unpaired) electrons. The number of halogens is 2. The number of nitrogens with zero attached hydrogens (tertiary/aromatic N) is 3. The molecule has 2 aromatic heterocycles. The van der Waals surface area contributed by atoms with Crippen molar-refractivity contribution in [2.45, 2.75) is 44.3 Å². The first-order chi connectivity index (χ1) is 15.6. The molecule has 2 heterocycles. The third-order valence-electron chi connectivity index (χ3n) is 6.54. The van der Waals surface area contributed by atoms with Crippen LogP contribution >= 0.6 is 0 Å². The van der Waals surface area contributed by atoms with Crippen LogP contribution in [0.2, 0.25) is 0 Å². The largest absolute Gasteiger partial charge is 0.356 e. The van der Waals surface area contributed by atoms with E-state index in [-0.39, 0.29) is 23.3 Å². The quantitative estimate of drug-likeness (QED) is 0.514. The summed E-state index contributed by atoms with van der Waals surface area (Å²) in [6.07, 6.45) is 6.58. The van der Waals surface area contributed by atoms with Gasteiger partial charge in [0.1, 0.15) is 29.3 Å². The Kier molecular flexibility index (Phi) is 6.67. The molecule has 1 aliphatic rings. The number of H-pyrrole nitrogens is 1. The molecule has 2 N–H and O–H groups in total. The van der Waals surface area contributed by atoms with Gasteiger partial charge in [-0.2, -0.15) is 0 Å². The first-order valence-electron chi connectivity index (χ1n) is 11.1. The highest BCUT2D eigenvalue weighted by atomic mass is 32.2. The zero-order valence-corrected chi connectivity index (χ0v) is 19.6. The van der Waals surface area contributed by atoms with E-state index in [1.807, 2.05) is 19.3 Å². The van der Waals surface area contributed by atoms with Crippen molar-refractivity contribution < 1.29 is 17.2 Å². The Morgan fingerprint density at radius 2 is 1.97 bits per heavy atom. The van der Waals surface area contributed by atoms with Crippen LogP contribution in [0.4, 0.5) is 14.6 Å². The van der Waals surface area contributed by atoms with Gasteiger partial charge in [-0.25, -0.2) is 31.9 Å². The molecule has 1 atom stereocenters. The summed E-state index contributed by atoms with van der Waals surface area (Å²) in [5.74, 6) is 0.265. The third kappa shape index (κ3) is 5.50. The van der Waals surface area contributed by atoms with Crippen molar-refractivity contribution in [3.63, 3.8) is 0 Å². The van der Waals surface area contributed by atoms with E-state index in [0.29, 0.717) is 0 Å². The molecule has 0 spiro atoms. The fourth-order valence-corrected chi connectivity index (χ4v) is 6.10. The Morgan fingerprint density at radius 1 is 1.21 bits per heavy atom. The van der Waals surface area contributed by atoms with E-state index in [4.69, 9.17) is 0 Å². The highest BCUT2D eigenvalue weighted by Gasteiger charge is 2.31. The number of aromatic amines is 1. The Morgan fingerprint density at radius 3 is 2.70 bits per heavy atom. The predicted molar refractivity (Wildman–Crippen MR) is 125 cm³/mol. The molecule has 0 aliphatic heterocycles. The fourth-order valence-electron chi connectivity index (χ4n) is 4.54. The van der Waals surface area contributed by atoms with Crippen LogP contribution in [-0.2, 0) is 15.7 Å². The number of rotatable bonds is 8. The van der Waals surface area contributed by atoms with Crippen LogP contribution in [0, 0.1) is 11.7 Å². The molecule has 0 bridgehead atoms. The zero-order chi connectivity index (χ0) is 23.6. The molecule has 1 fully saturated rings. The molecule has 0 saturated heterocycles. The van der Waals surface area contributed by atoms with E-state index in [0.717, 1.165) is 48.6 Å². The van der Waals surface area contributed by atoms with Crippen molar-refractivity contribution in [1.29, 1.82) is 0 Å². The number of nitrogens with one attached hydrogen (secondary N) is 2. The molecule has 4 rings (SSSR count). The number of hydrogen-bond donors (Lipinski definition) is 2. The van der Waals surface area contributed by atoms with Crippen molar-refractivity contribution in [1.82, 2.24) is 19.7 Å². The second kappa shape index (κ2) is 9.34. The number of sulfonamides is 1. The average molecular weight is 478 g/mol. The van der Waals surface area contributed by atoms with E-state index in [1.54, 1.807) is 0 Å². The number of fused-ring (bicyclic) bond motifs is 1. The maximum Gasteiger partial charge on any atom is 0.211 e. The van der Waals surface area contributed by atoms with E-state index < -0.39 is 28.1 Å². The van der Waals surface area contributed by atoms with Crippen LogP contribution in [0.1, 0.15) is 38.2 Å². The average Bonchev–Trinajstić information content (AvgIpc) is 3.27. The topological polar surface area (TPSA) is 91.0 Å². The minimum absolute atomic E-state index is 0.00450. The summed E-state index contributed by atoms with van der Waals surface area (Å²) < 4.78 is 56.0. The second-order valence-corrected chi connectivity index (χ2v) is 10.9. The molecule has 33 heavy (non-hydrogen) atoms. The van der Waals surface area contributed by atoms with Crippen LogP contribution in [0.3, 0.4) is 0 Å². The summed E-state index contributed by atoms with van der Waals surface area (Å²) in [5, 5.41) is 0.960. The standard InChI is InChI=1S/C23H29F2N5O2S/c1-23(25,17-4-3-5-18(24)12-17)14-29-33(31,32)13-16-6-8-19(9-7-16)30(2)22-20-10-11-26-21(20)27-15-28-22/h3-5,10-12,15-16,19,29H,6-9,13-14H2,1-2H3,(H,26,27,28). The lowest BCUT2D eigenvalue weighted by atomic mass is 9.86. The summed E-state index contributed by atoms with van der Waals surface area (Å²) in [6, 6.07) is 7.39. The van der Waals surface area contributed by atoms with Gasteiger partial charge in [-0.1, -0.05) is 12.1 Å². The first kappa shape index (κ1) is 23.6. The lowest BCUT2D eigenvalue weighted by Gasteiger charge is -2.35. The fraction of sp³-hybridized carbons (Fsp3) is 0.478. The first-order valence-corrected chi connectivity index (χ1v) is 12.7. The molecule has 3 aromatic rings. The van der Waals surface area contributed by atoms with Gasteiger partial charge in [-0.3, -0.25) is 0 Å². The van der Waals surface area contributed by atoms with Gasteiger partial charge >= 0.3 is 0 Å². The van der Waals surface area contributed by atoms with Crippen molar-refractivity contribution in [3.05, 3.63) is 54.2 Å². The molecular formula is C23H29F2N5O2S. The molecule has 1 aliphatic carbocycles. The van der Waals surface area contributed by atoms with Crippen LogP contribution in [0.5, 0.6) is 0 Å². The lowest BCUT2D eigenvalue weighted by Crippen LogP contribution is -2.40. The van der Waals surface area contributed by atoms with Crippen LogP contribution in [0.25, 0.3) is 11.0 Å². The van der Waals surface area contributed by atoms with Gasteiger partial charge in [-0.15, -0.1) is 0 Å². The second-order valence-electron chi connectivity index (χ2n) is 9.03. The Hall–Kier alpha value is -2.59. The molecule has 0 amide bonds. The van der Waals surface area contributed by atoms with Crippen molar-refractivity contribution in [2.24, 2.45) is 5.92 Å². The number of hydrogen-bond acceptors (Lipinski definition) is 5.